The molecule has 2 heterocycles. The monoisotopic (exact) mass is 413 g/mol. The highest BCUT2D eigenvalue weighted by atomic mass is 32.1. The zero-order valence-electron chi connectivity index (χ0n) is 15.9. The predicted molar refractivity (Wildman–Crippen MR) is 110 cm³/mol. The van der Waals surface area contributed by atoms with E-state index in [2.05, 4.69) is 15.5 Å². The Bertz CT molecular complexity index is 1040. The lowest BCUT2D eigenvalue weighted by Gasteiger charge is -2.12. The van der Waals surface area contributed by atoms with Crippen LogP contribution >= 0.6 is 11.3 Å². The van der Waals surface area contributed by atoms with Crippen molar-refractivity contribution < 1.29 is 18.8 Å². The minimum Gasteiger partial charge on any atom is -0.394 e. The summed E-state index contributed by atoms with van der Waals surface area (Å²) in [5, 5.41) is 16.2. The maximum atomic E-state index is 13.0. The average Bonchev–Trinajstić information content (AvgIpc) is 3.40. The summed E-state index contributed by atoms with van der Waals surface area (Å²) in [5.74, 6) is -0.446. The zero-order chi connectivity index (χ0) is 20.8. The second kappa shape index (κ2) is 9.40. The van der Waals surface area contributed by atoms with Gasteiger partial charge in [-0.2, -0.15) is 4.98 Å². The molecule has 0 aliphatic rings. The minimum atomic E-state index is -0.871. The summed E-state index contributed by atoms with van der Waals surface area (Å²) in [4.78, 5) is 18.5. The van der Waals surface area contributed by atoms with Crippen LogP contribution in [0, 0.1) is 5.82 Å². The molecule has 3 aromatic rings. The Kier molecular flexibility index (Phi) is 6.69. The number of halogens is 1. The Morgan fingerprint density at radius 2 is 2.07 bits per heavy atom. The van der Waals surface area contributed by atoms with Crippen LogP contribution in [0.4, 0.5) is 4.39 Å². The van der Waals surface area contributed by atoms with Gasteiger partial charge in [0, 0.05) is 10.4 Å². The molecular formula is C21H20FN3O3S. The fraction of sp³-hybridized carbons (Fsp3) is 0.190. The highest BCUT2D eigenvalue weighted by Gasteiger charge is 2.22. The summed E-state index contributed by atoms with van der Waals surface area (Å²) >= 11 is 1.52. The number of benzene rings is 1. The van der Waals surface area contributed by atoms with Crippen LogP contribution in [0.15, 0.2) is 59.1 Å². The van der Waals surface area contributed by atoms with Gasteiger partial charge >= 0.3 is 0 Å². The molecular weight excluding hydrogens is 393 g/mol. The van der Waals surface area contributed by atoms with Crippen LogP contribution in [0.1, 0.15) is 41.0 Å². The highest BCUT2D eigenvalue weighted by molar-refractivity contribution is 7.16. The van der Waals surface area contributed by atoms with Crippen LogP contribution in [0.2, 0.25) is 0 Å². The number of nitrogens with zero attached hydrogens (tertiary/aromatic N) is 2. The molecule has 150 valence electrons. The molecule has 0 aliphatic carbocycles. The molecule has 0 saturated carbocycles. The molecule has 1 atom stereocenters. The molecule has 0 spiro atoms. The average molecular weight is 413 g/mol. The van der Waals surface area contributed by atoms with E-state index in [1.165, 1.54) is 35.6 Å². The molecule has 2 N–H and O–H groups in total. The number of aromatic nitrogens is 2. The lowest BCUT2D eigenvalue weighted by Crippen LogP contribution is -2.31. The molecule has 29 heavy (non-hydrogen) atoms. The van der Waals surface area contributed by atoms with Gasteiger partial charge in [0.15, 0.2) is 0 Å². The molecule has 0 aliphatic heterocycles. The van der Waals surface area contributed by atoms with E-state index in [0.717, 1.165) is 15.3 Å². The third-order valence-corrected chi connectivity index (χ3v) is 5.30. The van der Waals surface area contributed by atoms with Gasteiger partial charge in [-0.15, -0.1) is 11.3 Å². The van der Waals surface area contributed by atoms with Crippen molar-refractivity contribution in [2.45, 2.75) is 19.9 Å². The van der Waals surface area contributed by atoms with Crippen molar-refractivity contribution in [3.8, 4) is 10.7 Å². The molecule has 1 amide bonds. The smallest absolute Gasteiger partial charge is 0.251 e. The van der Waals surface area contributed by atoms with Gasteiger partial charge in [-0.25, -0.2) is 4.39 Å². The van der Waals surface area contributed by atoms with E-state index in [-0.39, 0.29) is 11.5 Å². The largest absolute Gasteiger partial charge is 0.394 e. The number of allylic oxidation sites excluding steroid dienone is 4. The fourth-order valence-corrected chi connectivity index (χ4v) is 3.41. The highest BCUT2D eigenvalue weighted by Crippen LogP contribution is 2.30. The van der Waals surface area contributed by atoms with Crippen molar-refractivity contribution >= 4 is 22.8 Å². The predicted octanol–water partition coefficient (Wildman–Crippen LogP) is 4.38. The number of carbonyl (C=O) groups is 1. The number of nitrogens with one attached hydrogen (secondary N) is 1. The van der Waals surface area contributed by atoms with Gasteiger partial charge in [0.05, 0.1) is 11.5 Å². The van der Waals surface area contributed by atoms with E-state index in [9.17, 15) is 14.3 Å². The van der Waals surface area contributed by atoms with Gasteiger partial charge in [-0.05, 0) is 55.8 Å². The Morgan fingerprint density at radius 1 is 1.31 bits per heavy atom. The van der Waals surface area contributed by atoms with Crippen LogP contribution in [0.5, 0.6) is 0 Å². The normalized spacial score (nSPS) is 13.0. The SMILES string of the molecule is C/C=C\C=C(/C)c1ccc(-c2noc([C@H](CO)NC(=O)c3ccc(F)cc3)n2)s1. The van der Waals surface area contributed by atoms with Crippen molar-refractivity contribution in [3.05, 3.63) is 76.8 Å². The van der Waals surface area contributed by atoms with Gasteiger partial charge in [-0.3, -0.25) is 4.79 Å². The number of amides is 1. The van der Waals surface area contributed by atoms with Crippen molar-refractivity contribution in [2.24, 2.45) is 0 Å². The number of aliphatic hydroxyl groups is 1. The van der Waals surface area contributed by atoms with Gasteiger partial charge in [-0.1, -0.05) is 23.4 Å². The second-order valence-corrected chi connectivity index (χ2v) is 7.29. The maximum Gasteiger partial charge on any atom is 0.251 e. The zero-order valence-corrected chi connectivity index (χ0v) is 16.7. The van der Waals surface area contributed by atoms with Crippen LogP contribution in [0.25, 0.3) is 16.3 Å². The van der Waals surface area contributed by atoms with Crippen molar-refractivity contribution in [3.63, 3.8) is 0 Å². The van der Waals surface area contributed by atoms with Crippen LogP contribution in [-0.2, 0) is 0 Å². The second-order valence-electron chi connectivity index (χ2n) is 6.21. The number of hydrogen-bond acceptors (Lipinski definition) is 6. The van der Waals surface area contributed by atoms with E-state index in [1.807, 2.05) is 44.2 Å². The van der Waals surface area contributed by atoms with E-state index >= 15 is 0 Å². The van der Waals surface area contributed by atoms with Crippen molar-refractivity contribution in [1.29, 1.82) is 0 Å². The molecule has 8 heteroatoms. The molecule has 0 fully saturated rings. The molecule has 0 unspecified atom stereocenters. The van der Waals surface area contributed by atoms with E-state index in [0.29, 0.717) is 5.82 Å². The molecule has 6 nitrogen and oxygen atoms in total. The number of hydrogen-bond donors (Lipinski definition) is 2. The molecule has 2 aromatic heterocycles. The minimum absolute atomic E-state index is 0.0918. The first kappa shape index (κ1) is 20.6. The standard InChI is InChI=1S/C21H20FN3O3S/c1-3-4-5-13(2)17-10-11-18(29-17)19-24-21(28-25-19)16(12-26)23-20(27)14-6-8-15(22)9-7-14/h3-11,16,26H,12H2,1-2H3,(H,23,27)/b4-3-,13-5+/t16-/m0/s1. The fourth-order valence-electron chi connectivity index (χ4n) is 2.50. The first-order valence-corrected chi connectivity index (χ1v) is 9.74. The van der Waals surface area contributed by atoms with E-state index in [4.69, 9.17) is 4.52 Å². The summed E-state index contributed by atoms with van der Waals surface area (Å²) in [6, 6.07) is 8.09. The van der Waals surface area contributed by atoms with Gasteiger partial charge in [0.2, 0.25) is 5.82 Å². The summed E-state index contributed by atoms with van der Waals surface area (Å²) in [5.41, 5.74) is 1.37. The van der Waals surface area contributed by atoms with Crippen molar-refractivity contribution in [1.82, 2.24) is 15.5 Å². The van der Waals surface area contributed by atoms with Gasteiger partial charge in [0.1, 0.15) is 11.9 Å². The molecule has 1 aromatic carbocycles. The Balaban J connectivity index is 1.75. The van der Waals surface area contributed by atoms with Gasteiger partial charge in [0.25, 0.3) is 11.8 Å². The Morgan fingerprint density at radius 3 is 2.76 bits per heavy atom. The lowest BCUT2D eigenvalue weighted by molar-refractivity contribution is 0.0901. The summed E-state index contributed by atoms with van der Waals surface area (Å²) in [6.45, 7) is 3.55. The Hall–Kier alpha value is -3.10. The summed E-state index contributed by atoms with van der Waals surface area (Å²) < 4.78 is 18.3. The van der Waals surface area contributed by atoms with Crippen LogP contribution < -0.4 is 5.32 Å². The van der Waals surface area contributed by atoms with E-state index < -0.39 is 24.4 Å². The quantitative estimate of drug-likeness (QED) is 0.561. The molecule has 3 rings (SSSR count). The third-order valence-electron chi connectivity index (χ3n) is 4.09. The van der Waals surface area contributed by atoms with Crippen LogP contribution in [-0.4, -0.2) is 27.8 Å². The van der Waals surface area contributed by atoms with Crippen molar-refractivity contribution in [2.75, 3.05) is 6.61 Å². The summed E-state index contributed by atoms with van der Waals surface area (Å²) in [6.07, 6.45) is 5.94. The number of aliphatic hydroxyl groups excluding tert-OH is 1. The summed E-state index contributed by atoms with van der Waals surface area (Å²) in [7, 11) is 0. The molecule has 0 bridgehead atoms. The lowest BCUT2D eigenvalue weighted by atomic mass is 10.2. The number of carbonyl (C=O) groups excluding carboxylic acids is 1. The number of rotatable bonds is 7. The number of thiophene rings is 1. The first-order chi connectivity index (χ1) is 14.0. The molecule has 0 radical (unpaired) electrons. The maximum absolute atomic E-state index is 13.0. The first-order valence-electron chi connectivity index (χ1n) is 8.93. The third kappa shape index (κ3) is 5.04. The molecule has 0 saturated heterocycles. The van der Waals surface area contributed by atoms with Crippen LogP contribution in [0.3, 0.4) is 0 Å². The van der Waals surface area contributed by atoms with E-state index in [1.54, 1.807) is 0 Å². The van der Waals surface area contributed by atoms with Gasteiger partial charge < -0.3 is 14.9 Å². The topological polar surface area (TPSA) is 88.3 Å². The Labute approximate surface area is 171 Å².